The van der Waals surface area contributed by atoms with Gasteiger partial charge in [-0.05, 0) is 30.5 Å². The van der Waals surface area contributed by atoms with E-state index in [0.717, 1.165) is 22.7 Å². The van der Waals surface area contributed by atoms with Crippen LogP contribution in [0.2, 0.25) is 0 Å². The fourth-order valence-electron chi connectivity index (χ4n) is 2.03. The van der Waals surface area contributed by atoms with Gasteiger partial charge in [0.2, 0.25) is 5.91 Å². The molecule has 4 nitrogen and oxygen atoms in total. The van der Waals surface area contributed by atoms with E-state index < -0.39 is 0 Å². The summed E-state index contributed by atoms with van der Waals surface area (Å²) < 4.78 is 0. The predicted molar refractivity (Wildman–Crippen MR) is 73.7 cm³/mol. The monoisotopic (exact) mass is 263 g/mol. The average molecular weight is 263 g/mol. The van der Waals surface area contributed by atoms with Crippen LogP contribution >= 0.6 is 11.8 Å². The van der Waals surface area contributed by atoms with Crippen LogP contribution in [0, 0.1) is 0 Å². The van der Waals surface area contributed by atoms with E-state index in [-0.39, 0.29) is 11.9 Å². The van der Waals surface area contributed by atoms with Gasteiger partial charge in [0, 0.05) is 23.5 Å². The molecule has 18 heavy (non-hydrogen) atoms. The summed E-state index contributed by atoms with van der Waals surface area (Å²) in [4.78, 5) is 12.5. The summed E-state index contributed by atoms with van der Waals surface area (Å²) in [7, 11) is 0. The molecule has 0 bridgehead atoms. The van der Waals surface area contributed by atoms with Crippen molar-refractivity contribution in [1.82, 2.24) is 5.32 Å². The largest absolute Gasteiger partial charge is 0.324 e. The van der Waals surface area contributed by atoms with Crippen LogP contribution in [0.5, 0.6) is 0 Å². The molecule has 96 valence electrons. The van der Waals surface area contributed by atoms with Crippen LogP contribution in [0.1, 0.15) is 24.4 Å². The maximum atomic E-state index is 11.4. The van der Waals surface area contributed by atoms with Gasteiger partial charge in [-0.1, -0.05) is 6.07 Å². The van der Waals surface area contributed by atoms with Gasteiger partial charge in [0.1, 0.15) is 0 Å². The number of hydrogen-bond donors (Lipinski definition) is 3. The minimum absolute atomic E-state index is 0.0141. The number of carbonyl (C=O) groups excluding carboxylic acids is 1. The van der Waals surface area contributed by atoms with E-state index in [4.69, 9.17) is 5.73 Å². The summed E-state index contributed by atoms with van der Waals surface area (Å²) in [5, 5.41) is 6.32. The number of anilines is 1. The summed E-state index contributed by atoms with van der Waals surface area (Å²) in [5.74, 6) is 0.566. The molecule has 1 atom stereocenters. The molecule has 1 aliphatic heterocycles. The second-order valence-corrected chi connectivity index (χ2v) is 5.90. The maximum Gasteiger partial charge on any atom is 0.234 e. The Morgan fingerprint density at radius 3 is 3.11 bits per heavy atom. The third-order valence-electron chi connectivity index (χ3n) is 3.27. The van der Waals surface area contributed by atoms with Crippen molar-refractivity contribution in [2.24, 2.45) is 5.73 Å². The molecule has 0 aromatic heterocycles. The highest BCUT2D eigenvalue weighted by Crippen LogP contribution is 2.33. The SMILES string of the molecule is NC(CNC1CC1)c1ccc2c(c1)NC(=O)CS2. The zero-order valence-electron chi connectivity index (χ0n) is 10.1. The van der Waals surface area contributed by atoms with Crippen molar-refractivity contribution in [2.75, 3.05) is 17.6 Å². The van der Waals surface area contributed by atoms with Crippen LogP contribution in [-0.2, 0) is 4.79 Å². The molecule has 1 aromatic carbocycles. The zero-order valence-corrected chi connectivity index (χ0v) is 10.9. The van der Waals surface area contributed by atoms with E-state index in [9.17, 15) is 4.79 Å². The molecule has 4 N–H and O–H groups in total. The Bertz CT molecular complexity index is 473. The molecule has 2 aliphatic rings. The normalized spacial score (nSPS) is 20.2. The molecular formula is C13H17N3OS. The molecular weight excluding hydrogens is 246 g/mol. The number of benzene rings is 1. The fourth-order valence-corrected chi connectivity index (χ4v) is 2.82. The van der Waals surface area contributed by atoms with Crippen LogP contribution in [0.15, 0.2) is 23.1 Å². The first-order valence-corrected chi connectivity index (χ1v) is 7.26. The Balaban J connectivity index is 1.71. The molecule has 3 rings (SSSR count). The first-order chi connectivity index (χ1) is 8.72. The van der Waals surface area contributed by atoms with E-state index in [1.54, 1.807) is 11.8 Å². The molecule has 0 saturated heterocycles. The van der Waals surface area contributed by atoms with Crippen molar-refractivity contribution in [3.63, 3.8) is 0 Å². The third-order valence-corrected chi connectivity index (χ3v) is 4.34. The topological polar surface area (TPSA) is 67.2 Å². The van der Waals surface area contributed by atoms with E-state index in [1.807, 2.05) is 12.1 Å². The molecule has 1 heterocycles. The number of hydrogen-bond acceptors (Lipinski definition) is 4. The molecule has 1 fully saturated rings. The lowest BCUT2D eigenvalue weighted by Crippen LogP contribution is -2.28. The minimum Gasteiger partial charge on any atom is -0.324 e. The van der Waals surface area contributed by atoms with Crippen LogP contribution in [0.3, 0.4) is 0 Å². The second kappa shape index (κ2) is 4.91. The summed E-state index contributed by atoms with van der Waals surface area (Å²) >= 11 is 1.58. The molecule has 5 heteroatoms. The lowest BCUT2D eigenvalue weighted by molar-refractivity contribution is -0.113. The number of amides is 1. The maximum absolute atomic E-state index is 11.4. The predicted octanol–water partition coefficient (Wildman–Crippen LogP) is 1.48. The van der Waals surface area contributed by atoms with Crippen LogP contribution in [-0.4, -0.2) is 24.2 Å². The van der Waals surface area contributed by atoms with Crippen molar-refractivity contribution in [3.8, 4) is 0 Å². The Hall–Kier alpha value is -1.04. The number of rotatable bonds is 4. The van der Waals surface area contributed by atoms with Crippen molar-refractivity contribution in [1.29, 1.82) is 0 Å². The van der Waals surface area contributed by atoms with Crippen LogP contribution < -0.4 is 16.4 Å². The van der Waals surface area contributed by atoms with Gasteiger partial charge in [-0.2, -0.15) is 0 Å². The number of thioether (sulfide) groups is 1. The molecule has 0 spiro atoms. The van der Waals surface area contributed by atoms with E-state index >= 15 is 0 Å². The number of carbonyl (C=O) groups is 1. The number of nitrogens with two attached hydrogens (primary N) is 1. The lowest BCUT2D eigenvalue weighted by atomic mass is 10.1. The highest BCUT2D eigenvalue weighted by Gasteiger charge is 2.22. The Morgan fingerprint density at radius 1 is 1.50 bits per heavy atom. The summed E-state index contributed by atoms with van der Waals surface area (Å²) in [6, 6.07) is 6.76. The van der Waals surface area contributed by atoms with E-state index in [0.29, 0.717) is 11.8 Å². The van der Waals surface area contributed by atoms with Gasteiger partial charge in [-0.15, -0.1) is 11.8 Å². The van der Waals surface area contributed by atoms with E-state index in [1.165, 1.54) is 12.8 Å². The molecule has 1 amide bonds. The van der Waals surface area contributed by atoms with Gasteiger partial charge < -0.3 is 16.4 Å². The van der Waals surface area contributed by atoms with Crippen LogP contribution in [0.4, 0.5) is 5.69 Å². The molecule has 1 aliphatic carbocycles. The molecule has 1 saturated carbocycles. The zero-order chi connectivity index (χ0) is 12.5. The second-order valence-electron chi connectivity index (χ2n) is 4.88. The first kappa shape index (κ1) is 12.0. The van der Waals surface area contributed by atoms with Gasteiger partial charge in [-0.3, -0.25) is 4.79 Å². The fraction of sp³-hybridized carbons (Fsp3) is 0.462. The smallest absolute Gasteiger partial charge is 0.234 e. The summed E-state index contributed by atoms with van der Waals surface area (Å²) in [6.45, 7) is 0.796. The lowest BCUT2D eigenvalue weighted by Gasteiger charge is -2.19. The van der Waals surface area contributed by atoms with Gasteiger partial charge in [0.05, 0.1) is 11.4 Å². The quantitative estimate of drug-likeness (QED) is 0.770. The number of fused-ring (bicyclic) bond motifs is 1. The molecule has 1 aromatic rings. The standard InChI is InChI=1S/C13H17N3OS/c14-10(6-15-9-2-3-9)8-1-4-12-11(5-8)16-13(17)7-18-12/h1,4-5,9-10,15H,2-3,6-7,14H2,(H,16,17). The Morgan fingerprint density at radius 2 is 2.33 bits per heavy atom. The minimum atomic E-state index is -0.0141. The summed E-state index contributed by atoms with van der Waals surface area (Å²) in [6.07, 6.45) is 2.53. The van der Waals surface area contributed by atoms with E-state index in [2.05, 4.69) is 16.7 Å². The molecule has 1 unspecified atom stereocenters. The Labute approximate surface area is 111 Å². The van der Waals surface area contributed by atoms with Crippen LogP contribution in [0.25, 0.3) is 0 Å². The van der Waals surface area contributed by atoms with Gasteiger partial charge >= 0.3 is 0 Å². The molecule has 0 radical (unpaired) electrons. The number of nitrogens with one attached hydrogen (secondary N) is 2. The highest BCUT2D eigenvalue weighted by atomic mass is 32.2. The van der Waals surface area contributed by atoms with Crippen molar-refractivity contribution in [2.45, 2.75) is 29.8 Å². The third kappa shape index (κ3) is 2.68. The van der Waals surface area contributed by atoms with Crippen molar-refractivity contribution < 1.29 is 4.79 Å². The summed E-state index contributed by atoms with van der Waals surface area (Å²) in [5.41, 5.74) is 8.13. The Kier molecular flexibility index (Phi) is 3.28. The van der Waals surface area contributed by atoms with Crippen molar-refractivity contribution >= 4 is 23.4 Å². The first-order valence-electron chi connectivity index (χ1n) is 6.28. The highest BCUT2D eigenvalue weighted by molar-refractivity contribution is 8.00. The van der Waals surface area contributed by atoms with Crippen molar-refractivity contribution in [3.05, 3.63) is 23.8 Å². The van der Waals surface area contributed by atoms with Gasteiger partial charge in [0.15, 0.2) is 0 Å². The van der Waals surface area contributed by atoms with Gasteiger partial charge in [0.25, 0.3) is 0 Å². The average Bonchev–Trinajstić information content (AvgIpc) is 3.19. The van der Waals surface area contributed by atoms with Gasteiger partial charge in [-0.25, -0.2) is 0 Å².